The van der Waals surface area contributed by atoms with Crippen molar-refractivity contribution in [2.75, 3.05) is 46.8 Å². The Morgan fingerprint density at radius 3 is 2.26 bits per heavy atom. The first-order valence-corrected chi connectivity index (χ1v) is 7.24. The zero-order chi connectivity index (χ0) is 14.4. The van der Waals surface area contributed by atoms with Crippen LogP contribution in [0.15, 0.2) is 0 Å². The van der Waals surface area contributed by atoms with Gasteiger partial charge in [-0.2, -0.15) is 0 Å². The Bertz CT molecular complexity index is 274. The topological polar surface area (TPSA) is 47.0 Å². The van der Waals surface area contributed by atoms with Crippen LogP contribution in [0, 0.1) is 0 Å². The van der Waals surface area contributed by atoms with Crippen LogP contribution in [-0.2, 0) is 4.79 Å². The van der Waals surface area contributed by atoms with E-state index in [-0.39, 0.29) is 6.54 Å². The van der Waals surface area contributed by atoms with E-state index in [0.29, 0.717) is 12.1 Å². The zero-order valence-electron chi connectivity index (χ0n) is 12.8. The highest BCUT2D eigenvalue weighted by Gasteiger charge is 2.26. The molecule has 0 aliphatic carbocycles. The standard InChI is InChI=1S/C14H29N3O2/c1-12(2)16-7-5-13(6-8-16)17(11-14(18)19)10-9-15(3)4/h12-13H,5-11H2,1-4H3,(H,18,19). The maximum absolute atomic E-state index is 11.0. The predicted molar refractivity (Wildman–Crippen MR) is 77.5 cm³/mol. The lowest BCUT2D eigenvalue weighted by Gasteiger charge is -2.39. The zero-order valence-corrected chi connectivity index (χ0v) is 12.8. The van der Waals surface area contributed by atoms with Crippen molar-refractivity contribution in [3.8, 4) is 0 Å². The lowest BCUT2D eigenvalue weighted by atomic mass is 10.0. The van der Waals surface area contributed by atoms with E-state index in [1.807, 2.05) is 14.1 Å². The van der Waals surface area contributed by atoms with Gasteiger partial charge in [0.25, 0.3) is 0 Å². The molecular formula is C14H29N3O2. The van der Waals surface area contributed by atoms with Crippen molar-refractivity contribution in [3.05, 3.63) is 0 Å². The van der Waals surface area contributed by atoms with Crippen molar-refractivity contribution in [1.82, 2.24) is 14.7 Å². The summed E-state index contributed by atoms with van der Waals surface area (Å²) in [4.78, 5) is 17.7. The Morgan fingerprint density at radius 1 is 1.26 bits per heavy atom. The Hall–Kier alpha value is -0.650. The largest absolute Gasteiger partial charge is 0.480 e. The minimum atomic E-state index is -0.718. The van der Waals surface area contributed by atoms with Gasteiger partial charge >= 0.3 is 5.97 Å². The summed E-state index contributed by atoms with van der Waals surface area (Å²) in [5.41, 5.74) is 0. The van der Waals surface area contributed by atoms with E-state index in [2.05, 4.69) is 28.5 Å². The smallest absolute Gasteiger partial charge is 0.317 e. The minimum Gasteiger partial charge on any atom is -0.480 e. The number of rotatable bonds is 7. The normalized spacial score (nSPS) is 18.7. The second kappa shape index (κ2) is 7.82. The average Bonchev–Trinajstić information content (AvgIpc) is 2.34. The number of hydrogen-bond acceptors (Lipinski definition) is 4. The number of aliphatic carboxylic acids is 1. The van der Waals surface area contributed by atoms with Gasteiger partial charge in [-0.15, -0.1) is 0 Å². The first-order chi connectivity index (χ1) is 8.90. The summed E-state index contributed by atoms with van der Waals surface area (Å²) in [6.07, 6.45) is 2.16. The highest BCUT2D eigenvalue weighted by molar-refractivity contribution is 5.69. The molecule has 0 aromatic carbocycles. The number of carbonyl (C=O) groups is 1. The van der Waals surface area contributed by atoms with Gasteiger partial charge in [-0.05, 0) is 53.9 Å². The van der Waals surface area contributed by atoms with Crippen molar-refractivity contribution >= 4 is 5.97 Å². The number of likely N-dealkylation sites (N-methyl/N-ethyl adjacent to an activating group) is 1. The van der Waals surface area contributed by atoms with Crippen LogP contribution in [0.1, 0.15) is 26.7 Å². The van der Waals surface area contributed by atoms with E-state index in [4.69, 9.17) is 5.11 Å². The van der Waals surface area contributed by atoms with Crippen LogP contribution < -0.4 is 0 Å². The molecular weight excluding hydrogens is 242 g/mol. The molecule has 1 aliphatic heterocycles. The van der Waals surface area contributed by atoms with E-state index in [1.165, 1.54) is 0 Å². The maximum atomic E-state index is 11.0. The van der Waals surface area contributed by atoms with Crippen molar-refractivity contribution < 1.29 is 9.90 Å². The summed E-state index contributed by atoms with van der Waals surface area (Å²) in [7, 11) is 4.06. The molecule has 0 unspecified atom stereocenters. The van der Waals surface area contributed by atoms with Crippen LogP contribution in [0.5, 0.6) is 0 Å². The summed E-state index contributed by atoms with van der Waals surface area (Å²) in [6, 6.07) is 1.02. The van der Waals surface area contributed by atoms with Gasteiger partial charge in [0, 0.05) is 25.2 Å². The Balaban J connectivity index is 2.49. The fourth-order valence-corrected chi connectivity index (χ4v) is 2.66. The molecule has 1 aliphatic rings. The molecule has 0 spiro atoms. The van der Waals surface area contributed by atoms with Crippen LogP contribution in [0.3, 0.4) is 0 Å². The van der Waals surface area contributed by atoms with Crippen molar-refractivity contribution in [2.24, 2.45) is 0 Å². The second-order valence-electron chi connectivity index (χ2n) is 6.03. The molecule has 0 bridgehead atoms. The second-order valence-corrected chi connectivity index (χ2v) is 6.03. The van der Waals surface area contributed by atoms with E-state index in [0.717, 1.165) is 39.0 Å². The van der Waals surface area contributed by atoms with Gasteiger partial charge in [-0.3, -0.25) is 9.69 Å². The molecule has 19 heavy (non-hydrogen) atoms. The third-order valence-electron chi connectivity index (χ3n) is 3.92. The average molecular weight is 271 g/mol. The summed E-state index contributed by atoms with van der Waals surface area (Å²) >= 11 is 0. The molecule has 1 fully saturated rings. The van der Waals surface area contributed by atoms with Crippen LogP contribution in [0.2, 0.25) is 0 Å². The van der Waals surface area contributed by atoms with Gasteiger partial charge < -0.3 is 14.9 Å². The number of carboxylic acid groups (broad SMARTS) is 1. The summed E-state index contributed by atoms with van der Waals surface area (Å²) in [5, 5.41) is 9.05. The van der Waals surface area contributed by atoms with Gasteiger partial charge in [0.1, 0.15) is 0 Å². The Labute approximate surface area is 117 Å². The van der Waals surface area contributed by atoms with E-state index in [9.17, 15) is 4.79 Å². The third-order valence-corrected chi connectivity index (χ3v) is 3.92. The van der Waals surface area contributed by atoms with E-state index in [1.54, 1.807) is 0 Å². The summed E-state index contributed by atoms with van der Waals surface area (Å²) < 4.78 is 0. The number of likely N-dealkylation sites (tertiary alicyclic amines) is 1. The summed E-state index contributed by atoms with van der Waals surface area (Å²) in [6.45, 7) is 8.53. The van der Waals surface area contributed by atoms with Gasteiger partial charge in [0.15, 0.2) is 0 Å². The van der Waals surface area contributed by atoms with Crippen molar-refractivity contribution in [1.29, 1.82) is 0 Å². The highest BCUT2D eigenvalue weighted by Crippen LogP contribution is 2.18. The van der Waals surface area contributed by atoms with Crippen molar-refractivity contribution in [2.45, 2.75) is 38.8 Å². The molecule has 1 N–H and O–H groups in total. The monoisotopic (exact) mass is 271 g/mol. The van der Waals surface area contributed by atoms with Crippen LogP contribution in [0.4, 0.5) is 0 Å². The first-order valence-electron chi connectivity index (χ1n) is 7.24. The number of carboxylic acids is 1. The molecule has 0 aromatic heterocycles. The van der Waals surface area contributed by atoms with Gasteiger partial charge in [0.2, 0.25) is 0 Å². The number of piperidine rings is 1. The molecule has 112 valence electrons. The molecule has 0 amide bonds. The van der Waals surface area contributed by atoms with Gasteiger partial charge in [0.05, 0.1) is 6.54 Å². The Morgan fingerprint density at radius 2 is 1.84 bits per heavy atom. The molecule has 0 saturated carbocycles. The molecule has 0 aromatic rings. The van der Waals surface area contributed by atoms with Crippen molar-refractivity contribution in [3.63, 3.8) is 0 Å². The highest BCUT2D eigenvalue weighted by atomic mass is 16.4. The van der Waals surface area contributed by atoms with Crippen LogP contribution in [-0.4, -0.2) is 84.7 Å². The summed E-state index contributed by atoms with van der Waals surface area (Å²) in [5.74, 6) is -0.718. The van der Waals surface area contributed by atoms with Gasteiger partial charge in [-0.1, -0.05) is 0 Å². The fourth-order valence-electron chi connectivity index (χ4n) is 2.66. The molecule has 0 atom stereocenters. The lowest BCUT2D eigenvalue weighted by Crippen LogP contribution is -2.49. The molecule has 0 radical (unpaired) electrons. The lowest BCUT2D eigenvalue weighted by molar-refractivity contribution is -0.139. The van der Waals surface area contributed by atoms with Crippen LogP contribution in [0.25, 0.3) is 0 Å². The van der Waals surface area contributed by atoms with Gasteiger partial charge in [-0.25, -0.2) is 0 Å². The molecule has 5 heteroatoms. The Kier molecular flexibility index (Phi) is 6.75. The quantitative estimate of drug-likeness (QED) is 0.742. The minimum absolute atomic E-state index is 0.167. The van der Waals surface area contributed by atoms with Crippen LogP contribution >= 0.6 is 0 Å². The van der Waals surface area contributed by atoms with E-state index >= 15 is 0 Å². The molecule has 5 nitrogen and oxygen atoms in total. The molecule has 1 saturated heterocycles. The predicted octanol–water partition coefficient (Wildman–Crippen LogP) is 0.807. The number of nitrogens with zero attached hydrogens (tertiary/aromatic N) is 3. The number of hydrogen-bond donors (Lipinski definition) is 1. The fraction of sp³-hybridized carbons (Fsp3) is 0.929. The molecule has 1 rings (SSSR count). The van der Waals surface area contributed by atoms with E-state index < -0.39 is 5.97 Å². The molecule has 1 heterocycles. The SMILES string of the molecule is CC(C)N1CCC(N(CCN(C)C)CC(=O)O)CC1. The first kappa shape index (κ1) is 16.4. The third kappa shape index (κ3) is 5.89. The maximum Gasteiger partial charge on any atom is 0.317 e.